The van der Waals surface area contributed by atoms with E-state index >= 15 is 0 Å². The fraction of sp³-hybridized carbons (Fsp3) is 0.0556. The monoisotopic (exact) mass is 497 g/mol. The number of rotatable bonds is 5. The number of H-pyrrole nitrogens is 1. The van der Waals surface area contributed by atoms with Gasteiger partial charge in [-0.2, -0.15) is 5.26 Å². The van der Waals surface area contributed by atoms with Gasteiger partial charge in [-0.1, -0.05) is 29.3 Å². The maximum Gasteiger partial charge on any atom is 0.273 e. The van der Waals surface area contributed by atoms with Crippen LogP contribution < -0.4 is 15.8 Å². The lowest BCUT2D eigenvalue weighted by Gasteiger charge is -2.13. The summed E-state index contributed by atoms with van der Waals surface area (Å²) >= 11 is 15.0. The molecule has 0 saturated carbocycles. The molecule has 0 atom stereocenters. The largest absolute Gasteiger partial charge is 0.453 e. The number of aromatic nitrogens is 2. The molecule has 1 amide bonds. The highest BCUT2D eigenvalue weighted by Crippen LogP contribution is 2.35. The summed E-state index contributed by atoms with van der Waals surface area (Å²) in [6, 6.07) is 9.32. The van der Waals surface area contributed by atoms with Crippen LogP contribution in [-0.4, -0.2) is 15.9 Å². The zero-order chi connectivity index (χ0) is 21.1. The van der Waals surface area contributed by atoms with E-state index < -0.39 is 11.7 Å². The van der Waals surface area contributed by atoms with Gasteiger partial charge in [0.25, 0.3) is 5.91 Å². The third-order valence-electron chi connectivity index (χ3n) is 3.68. The molecule has 148 valence electrons. The first-order valence-corrected chi connectivity index (χ1v) is 9.48. The van der Waals surface area contributed by atoms with Gasteiger partial charge < -0.3 is 20.8 Å². The van der Waals surface area contributed by atoms with E-state index in [-0.39, 0.29) is 51.0 Å². The van der Waals surface area contributed by atoms with Crippen molar-refractivity contribution >= 4 is 51.0 Å². The molecule has 0 spiro atoms. The van der Waals surface area contributed by atoms with Crippen molar-refractivity contribution in [2.45, 2.75) is 6.54 Å². The Morgan fingerprint density at radius 3 is 2.79 bits per heavy atom. The van der Waals surface area contributed by atoms with Gasteiger partial charge in [0.1, 0.15) is 10.9 Å². The molecule has 4 N–H and O–H groups in total. The van der Waals surface area contributed by atoms with Crippen LogP contribution in [0.2, 0.25) is 10.2 Å². The van der Waals surface area contributed by atoms with Crippen molar-refractivity contribution in [3.8, 4) is 17.6 Å². The molecule has 1 aromatic heterocycles. The fourth-order valence-electron chi connectivity index (χ4n) is 2.39. The Hall–Kier alpha value is -2.80. The molecule has 0 unspecified atom stereocenters. The number of nitrogens with two attached hydrogens (primary N) is 1. The molecule has 0 saturated heterocycles. The summed E-state index contributed by atoms with van der Waals surface area (Å²) in [6.07, 6.45) is 0. The van der Waals surface area contributed by atoms with Gasteiger partial charge in [-0.25, -0.2) is 9.37 Å². The van der Waals surface area contributed by atoms with Crippen LogP contribution in [0.3, 0.4) is 0 Å². The van der Waals surface area contributed by atoms with Crippen LogP contribution in [0.4, 0.5) is 10.3 Å². The molecule has 0 aliphatic rings. The predicted octanol–water partition coefficient (Wildman–Crippen LogP) is 4.79. The lowest BCUT2D eigenvalue weighted by Crippen LogP contribution is -2.24. The van der Waals surface area contributed by atoms with Crippen LogP contribution in [0.5, 0.6) is 11.5 Å². The van der Waals surface area contributed by atoms with E-state index in [1.54, 1.807) is 6.07 Å². The number of aromatic amines is 1. The molecule has 2 aromatic carbocycles. The summed E-state index contributed by atoms with van der Waals surface area (Å²) in [5.74, 6) is -1.27. The first kappa shape index (κ1) is 20.9. The van der Waals surface area contributed by atoms with Crippen molar-refractivity contribution in [2.24, 2.45) is 0 Å². The van der Waals surface area contributed by atoms with E-state index in [9.17, 15) is 9.18 Å². The van der Waals surface area contributed by atoms with Crippen LogP contribution in [-0.2, 0) is 6.54 Å². The second-order valence-electron chi connectivity index (χ2n) is 5.71. The lowest BCUT2D eigenvalue weighted by molar-refractivity contribution is 0.0946. The number of benzene rings is 2. The van der Waals surface area contributed by atoms with Gasteiger partial charge in [-0.05, 0) is 40.2 Å². The van der Waals surface area contributed by atoms with Crippen molar-refractivity contribution < 1.29 is 13.9 Å². The summed E-state index contributed by atoms with van der Waals surface area (Å²) in [5, 5.41) is 11.8. The Balaban J connectivity index is 1.82. The van der Waals surface area contributed by atoms with Gasteiger partial charge >= 0.3 is 0 Å². The van der Waals surface area contributed by atoms with Gasteiger partial charge in [0.05, 0.1) is 16.1 Å². The van der Waals surface area contributed by atoms with Gasteiger partial charge in [-0.3, -0.25) is 4.79 Å². The maximum atomic E-state index is 15.0. The molecule has 3 aromatic rings. The number of nitrogens with zero attached hydrogens (tertiary/aromatic N) is 2. The molecule has 1 heterocycles. The van der Waals surface area contributed by atoms with E-state index in [2.05, 4.69) is 31.2 Å². The number of nitrogens with one attached hydrogen (secondary N) is 2. The minimum atomic E-state index is -0.703. The van der Waals surface area contributed by atoms with Crippen molar-refractivity contribution in [2.75, 3.05) is 5.73 Å². The van der Waals surface area contributed by atoms with Crippen LogP contribution in [0.25, 0.3) is 0 Å². The smallest absolute Gasteiger partial charge is 0.273 e. The molecule has 11 heteroatoms. The number of hydrogen-bond donors (Lipinski definition) is 3. The van der Waals surface area contributed by atoms with E-state index in [1.807, 2.05) is 6.07 Å². The minimum Gasteiger partial charge on any atom is -0.453 e. The number of ether oxygens (including phenoxy) is 1. The molecule has 0 bridgehead atoms. The Bertz CT molecular complexity index is 1150. The molecular weight excluding hydrogens is 488 g/mol. The standard InChI is InChI=1S/C18H11BrCl2FN5O2/c19-12-2-1-9(7-25-17(28)14-16(21)27-18(24)26-14)13(22)15(12)29-11-4-8(6-23)3-10(20)5-11/h1-5H,7H2,(H,25,28)(H3,24,26,27). The normalized spacial score (nSPS) is 10.4. The summed E-state index contributed by atoms with van der Waals surface area (Å²) < 4.78 is 20.9. The van der Waals surface area contributed by atoms with Crippen LogP contribution in [0, 0.1) is 17.1 Å². The topological polar surface area (TPSA) is 117 Å². The zero-order valence-electron chi connectivity index (χ0n) is 14.4. The highest BCUT2D eigenvalue weighted by Gasteiger charge is 2.18. The molecule has 29 heavy (non-hydrogen) atoms. The van der Waals surface area contributed by atoms with Gasteiger partial charge in [0.2, 0.25) is 0 Å². The molecule has 7 nitrogen and oxygen atoms in total. The maximum absolute atomic E-state index is 15.0. The number of halogens is 4. The number of imidazole rings is 1. The average molecular weight is 499 g/mol. The first-order chi connectivity index (χ1) is 13.8. The minimum absolute atomic E-state index is 0.0103. The van der Waals surface area contributed by atoms with Crippen LogP contribution >= 0.6 is 39.1 Å². The average Bonchev–Trinajstić information content (AvgIpc) is 3.02. The van der Waals surface area contributed by atoms with Crippen LogP contribution in [0.1, 0.15) is 21.6 Å². The highest BCUT2D eigenvalue weighted by atomic mass is 79.9. The Kier molecular flexibility index (Phi) is 6.27. The molecule has 3 rings (SSSR count). The lowest BCUT2D eigenvalue weighted by atomic mass is 10.2. The zero-order valence-corrected chi connectivity index (χ0v) is 17.5. The van der Waals surface area contributed by atoms with E-state index in [1.165, 1.54) is 24.3 Å². The highest BCUT2D eigenvalue weighted by molar-refractivity contribution is 9.10. The van der Waals surface area contributed by atoms with Crippen molar-refractivity contribution in [3.63, 3.8) is 0 Å². The number of carbonyl (C=O) groups excluding carboxylic acids is 1. The van der Waals surface area contributed by atoms with Crippen LogP contribution in [0.15, 0.2) is 34.8 Å². The van der Waals surface area contributed by atoms with Crippen molar-refractivity contribution in [1.29, 1.82) is 5.26 Å². The molecule has 0 fully saturated rings. The Morgan fingerprint density at radius 1 is 1.38 bits per heavy atom. The second kappa shape index (κ2) is 8.69. The van der Waals surface area contributed by atoms with E-state index in [4.69, 9.17) is 38.9 Å². The molecule has 0 aliphatic carbocycles. The van der Waals surface area contributed by atoms with Gasteiger partial charge in [-0.15, -0.1) is 0 Å². The third-order valence-corrected chi connectivity index (χ3v) is 4.80. The van der Waals surface area contributed by atoms with Gasteiger partial charge in [0.15, 0.2) is 23.2 Å². The summed E-state index contributed by atoms with van der Waals surface area (Å²) in [6.45, 7) is -0.156. The quantitative estimate of drug-likeness (QED) is 0.467. The number of hydrogen-bond acceptors (Lipinski definition) is 5. The molecule has 0 radical (unpaired) electrons. The summed E-state index contributed by atoms with van der Waals surface area (Å²) in [4.78, 5) is 18.4. The number of carbonyl (C=O) groups is 1. The number of anilines is 1. The number of amides is 1. The van der Waals surface area contributed by atoms with Gasteiger partial charge in [0, 0.05) is 17.1 Å². The summed E-state index contributed by atoms with van der Waals surface area (Å²) in [5.41, 5.74) is 5.77. The van der Waals surface area contributed by atoms with E-state index in [0.717, 1.165) is 0 Å². The second-order valence-corrected chi connectivity index (χ2v) is 7.38. The number of nitrogen functional groups attached to an aromatic ring is 1. The van der Waals surface area contributed by atoms with E-state index in [0.29, 0.717) is 4.47 Å². The fourth-order valence-corrected chi connectivity index (χ4v) is 3.22. The van der Waals surface area contributed by atoms with Crippen molar-refractivity contribution in [1.82, 2.24) is 15.3 Å². The Labute approximate surface area is 182 Å². The summed E-state index contributed by atoms with van der Waals surface area (Å²) in [7, 11) is 0. The van der Waals surface area contributed by atoms with Crippen molar-refractivity contribution in [3.05, 3.63) is 67.6 Å². The predicted molar refractivity (Wildman–Crippen MR) is 110 cm³/mol. The first-order valence-electron chi connectivity index (χ1n) is 7.93. The molecule has 0 aliphatic heterocycles. The third kappa shape index (κ3) is 4.79. The number of nitriles is 1. The Morgan fingerprint density at radius 2 is 2.14 bits per heavy atom. The molecular formula is C18H11BrCl2FN5O2. The SMILES string of the molecule is N#Cc1cc(Cl)cc(Oc2c(Br)ccc(CNC(=O)c3nc(N)[nH]c3Cl)c2F)c1.